The van der Waals surface area contributed by atoms with Gasteiger partial charge >= 0.3 is 5.97 Å². The summed E-state index contributed by atoms with van der Waals surface area (Å²) < 4.78 is 12.4. The molecule has 1 N–H and O–H groups in total. The highest BCUT2D eigenvalue weighted by molar-refractivity contribution is 5.88. The summed E-state index contributed by atoms with van der Waals surface area (Å²) in [4.78, 5) is 11.6. The van der Waals surface area contributed by atoms with Crippen LogP contribution in [0.2, 0.25) is 0 Å². The lowest BCUT2D eigenvalue weighted by molar-refractivity contribution is 0.0697. The standard InChI is InChI=1S/C31H24N4O4/c1-19(2)38-26-13-10-21(11-14-26)20-6-8-22(9-7-20)28-18-30(23-12-15-27-29(17-23)34-39-33-27)35(32-28)25-5-3-4-24(16-25)31(36)37/h3-19H,1-2H3,(H,36,37). The first-order valence-electron chi connectivity index (χ1n) is 12.5. The summed E-state index contributed by atoms with van der Waals surface area (Å²) >= 11 is 0. The fraction of sp³-hybridized carbons (Fsp3) is 0.0968. The molecule has 0 atom stereocenters. The van der Waals surface area contributed by atoms with E-state index < -0.39 is 5.97 Å². The van der Waals surface area contributed by atoms with Crippen LogP contribution in [0, 0.1) is 0 Å². The van der Waals surface area contributed by atoms with Crippen molar-refractivity contribution in [3.05, 3.63) is 103 Å². The first-order chi connectivity index (χ1) is 18.9. The number of rotatable bonds is 7. The Morgan fingerprint density at radius 2 is 1.46 bits per heavy atom. The molecule has 39 heavy (non-hydrogen) atoms. The molecule has 0 saturated heterocycles. The quantitative estimate of drug-likeness (QED) is 0.246. The second-order valence-electron chi connectivity index (χ2n) is 9.42. The number of fused-ring (bicyclic) bond motifs is 1. The number of benzene rings is 4. The van der Waals surface area contributed by atoms with Gasteiger partial charge in [-0.05, 0) is 83.8 Å². The molecule has 0 aliphatic carbocycles. The molecule has 6 rings (SSSR count). The van der Waals surface area contributed by atoms with Crippen molar-refractivity contribution in [3.8, 4) is 45.1 Å². The van der Waals surface area contributed by atoms with Crippen molar-refractivity contribution >= 4 is 17.0 Å². The molecular formula is C31H24N4O4. The van der Waals surface area contributed by atoms with E-state index in [1.165, 1.54) is 0 Å². The molecule has 0 aliphatic heterocycles. The Hall–Kier alpha value is -5.24. The molecule has 4 aromatic carbocycles. The number of carboxylic acids is 1. The topological polar surface area (TPSA) is 103 Å². The zero-order valence-corrected chi connectivity index (χ0v) is 21.3. The SMILES string of the molecule is CC(C)Oc1ccc(-c2ccc(-c3cc(-c4ccc5nonc5c4)n(-c4cccc(C(=O)O)c4)n3)cc2)cc1. The monoisotopic (exact) mass is 516 g/mol. The normalized spacial score (nSPS) is 11.3. The van der Waals surface area contributed by atoms with E-state index in [1.807, 2.05) is 80.6 Å². The predicted octanol–water partition coefficient (Wildman–Crippen LogP) is 6.89. The summed E-state index contributed by atoms with van der Waals surface area (Å²) in [5, 5.41) is 22.3. The third-order valence-corrected chi connectivity index (χ3v) is 6.34. The highest BCUT2D eigenvalue weighted by atomic mass is 16.6. The van der Waals surface area contributed by atoms with Crippen molar-refractivity contribution in [2.24, 2.45) is 0 Å². The van der Waals surface area contributed by atoms with Crippen LogP contribution in [0.1, 0.15) is 24.2 Å². The maximum atomic E-state index is 11.6. The van der Waals surface area contributed by atoms with E-state index in [-0.39, 0.29) is 11.7 Å². The molecule has 8 heteroatoms. The summed E-state index contributed by atoms with van der Waals surface area (Å²) in [6.07, 6.45) is 0.126. The van der Waals surface area contributed by atoms with Crippen molar-refractivity contribution in [1.29, 1.82) is 0 Å². The molecule has 0 bridgehead atoms. The third kappa shape index (κ3) is 4.87. The molecule has 0 amide bonds. The molecule has 0 spiro atoms. The third-order valence-electron chi connectivity index (χ3n) is 6.34. The lowest BCUT2D eigenvalue weighted by Crippen LogP contribution is -2.05. The summed E-state index contributed by atoms with van der Waals surface area (Å²) in [7, 11) is 0. The van der Waals surface area contributed by atoms with Crippen LogP contribution in [0.3, 0.4) is 0 Å². The lowest BCUT2D eigenvalue weighted by atomic mass is 10.0. The largest absolute Gasteiger partial charge is 0.491 e. The fourth-order valence-corrected chi connectivity index (χ4v) is 4.47. The summed E-state index contributed by atoms with van der Waals surface area (Å²) in [6.45, 7) is 4.01. The van der Waals surface area contributed by atoms with Crippen molar-refractivity contribution in [3.63, 3.8) is 0 Å². The fourth-order valence-electron chi connectivity index (χ4n) is 4.47. The van der Waals surface area contributed by atoms with E-state index in [0.717, 1.165) is 39.4 Å². The van der Waals surface area contributed by atoms with Gasteiger partial charge in [-0.1, -0.05) is 48.5 Å². The number of aromatic carboxylic acids is 1. The number of nitrogens with zero attached hydrogens (tertiary/aromatic N) is 4. The van der Waals surface area contributed by atoms with E-state index in [1.54, 1.807) is 22.9 Å². The smallest absolute Gasteiger partial charge is 0.335 e. The number of ether oxygens (including phenoxy) is 1. The minimum Gasteiger partial charge on any atom is -0.491 e. The molecule has 0 saturated carbocycles. The predicted molar refractivity (Wildman–Crippen MR) is 148 cm³/mol. The van der Waals surface area contributed by atoms with Gasteiger partial charge in [0.15, 0.2) is 0 Å². The van der Waals surface area contributed by atoms with Gasteiger partial charge in [-0.2, -0.15) is 5.10 Å². The van der Waals surface area contributed by atoms with E-state index in [9.17, 15) is 9.90 Å². The maximum Gasteiger partial charge on any atom is 0.335 e. The van der Waals surface area contributed by atoms with E-state index >= 15 is 0 Å². The van der Waals surface area contributed by atoms with Gasteiger partial charge in [0.1, 0.15) is 16.8 Å². The van der Waals surface area contributed by atoms with Crippen LogP contribution in [0.25, 0.3) is 50.4 Å². The number of carbonyl (C=O) groups is 1. The first kappa shape index (κ1) is 24.1. The Bertz CT molecular complexity index is 1780. The Labute approximate surface area is 224 Å². The molecule has 0 aliphatic rings. The molecule has 192 valence electrons. The second kappa shape index (κ2) is 9.90. The highest BCUT2D eigenvalue weighted by Crippen LogP contribution is 2.32. The van der Waals surface area contributed by atoms with Crippen LogP contribution in [-0.2, 0) is 0 Å². The Morgan fingerprint density at radius 1 is 0.795 bits per heavy atom. The van der Waals surface area contributed by atoms with Gasteiger partial charge in [-0.3, -0.25) is 0 Å². The highest BCUT2D eigenvalue weighted by Gasteiger charge is 2.16. The molecule has 8 nitrogen and oxygen atoms in total. The molecule has 6 aromatic rings. The van der Waals surface area contributed by atoms with Crippen LogP contribution in [0.5, 0.6) is 5.75 Å². The minimum absolute atomic E-state index is 0.126. The van der Waals surface area contributed by atoms with E-state index in [2.05, 4.69) is 22.4 Å². The average molecular weight is 517 g/mol. The van der Waals surface area contributed by atoms with Crippen LogP contribution in [0.4, 0.5) is 0 Å². The Kier molecular flexibility index (Phi) is 6.13. The molecular weight excluding hydrogens is 492 g/mol. The van der Waals surface area contributed by atoms with Gasteiger partial charge in [0.2, 0.25) is 0 Å². The van der Waals surface area contributed by atoms with Crippen molar-refractivity contribution in [1.82, 2.24) is 20.1 Å². The Morgan fingerprint density at radius 3 is 2.18 bits per heavy atom. The number of hydrogen-bond acceptors (Lipinski definition) is 6. The second-order valence-corrected chi connectivity index (χ2v) is 9.42. The maximum absolute atomic E-state index is 11.6. The molecule has 0 unspecified atom stereocenters. The van der Waals surface area contributed by atoms with Crippen LogP contribution < -0.4 is 4.74 Å². The Balaban J connectivity index is 1.39. The average Bonchev–Trinajstić information content (AvgIpc) is 3.61. The van der Waals surface area contributed by atoms with Crippen LogP contribution in [-0.4, -0.2) is 37.3 Å². The van der Waals surface area contributed by atoms with Crippen LogP contribution in [0.15, 0.2) is 102 Å². The van der Waals surface area contributed by atoms with E-state index in [4.69, 9.17) is 14.5 Å². The summed E-state index contributed by atoms with van der Waals surface area (Å²) in [5.41, 5.74) is 7.55. The molecule has 2 heterocycles. The van der Waals surface area contributed by atoms with Gasteiger partial charge in [0.25, 0.3) is 0 Å². The number of carboxylic acid groups (broad SMARTS) is 1. The number of hydrogen-bond donors (Lipinski definition) is 1. The zero-order valence-electron chi connectivity index (χ0n) is 21.3. The van der Waals surface area contributed by atoms with Gasteiger partial charge in [0.05, 0.1) is 28.7 Å². The van der Waals surface area contributed by atoms with Crippen LogP contribution >= 0.6 is 0 Å². The van der Waals surface area contributed by atoms with Crippen molar-refractivity contribution in [2.75, 3.05) is 0 Å². The minimum atomic E-state index is -1.000. The molecule has 0 radical (unpaired) electrons. The van der Waals surface area contributed by atoms with Crippen molar-refractivity contribution < 1.29 is 19.3 Å². The number of aromatic nitrogens is 4. The summed E-state index contributed by atoms with van der Waals surface area (Å²) in [5.74, 6) is -0.157. The molecule has 0 fully saturated rings. The summed E-state index contributed by atoms with van der Waals surface area (Å²) in [6, 6.07) is 30.5. The zero-order chi connectivity index (χ0) is 26.9. The van der Waals surface area contributed by atoms with Gasteiger partial charge in [-0.25, -0.2) is 14.1 Å². The van der Waals surface area contributed by atoms with E-state index in [0.29, 0.717) is 16.7 Å². The van der Waals surface area contributed by atoms with Crippen molar-refractivity contribution in [2.45, 2.75) is 20.0 Å². The van der Waals surface area contributed by atoms with Gasteiger partial charge < -0.3 is 9.84 Å². The molecule has 2 aromatic heterocycles. The van der Waals surface area contributed by atoms with Gasteiger partial charge in [0, 0.05) is 11.1 Å². The van der Waals surface area contributed by atoms with Gasteiger partial charge in [-0.15, -0.1) is 0 Å². The lowest BCUT2D eigenvalue weighted by Gasteiger charge is -2.10. The first-order valence-corrected chi connectivity index (χ1v) is 12.5.